The smallest absolute Gasteiger partial charge is 0.211 e. The quantitative estimate of drug-likeness (QED) is 0.623. The highest BCUT2D eigenvalue weighted by Gasteiger charge is 2.43. The van der Waals surface area contributed by atoms with E-state index in [1.54, 1.807) is 0 Å². The molecule has 1 aliphatic carbocycles. The number of hydrogen-bond donors (Lipinski definition) is 2. The van der Waals surface area contributed by atoms with Gasteiger partial charge in [0, 0.05) is 42.7 Å². The maximum absolute atomic E-state index is 6.53. The Morgan fingerprint density at radius 3 is 2.72 bits per heavy atom. The number of fused-ring (bicyclic) bond motifs is 1. The first-order valence-electron chi connectivity index (χ1n) is 10.4. The number of nitrogens with two attached hydrogens (primary N) is 2. The lowest BCUT2D eigenvalue weighted by Gasteiger charge is -2.42. The van der Waals surface area contributed by atoms with Crippen molar-refractivity contribution >= 4 is 28.9 Å². The molecule has 3 heterocycles. The van der Waals surface area contributed by atoms with Crippen LogP contribution in [0, 0.1) is 12.3 Å². The van der Waals surface area contributed by atoms with Crippen LogP contribution in [0.25, 0.3) is 16.8 Å². The standard InChI is InChI=1S/C22H27ClN6/c1-14-18(15-4-2-5-16(24)19(15)23)20-26-10-13-29(20)21(27-14)28-11-8-22(9-12-28)7-3-6-17(22)25/h2,4-5,10,13,17H,3,6-9,11-12,24-25H2,1H3/t17-/m1/s1. The predicted molar refractivity (Wildman–Crippen MR) is 118 cm³/mol. The molecule has 1 spiro atoms. The average molecular weight is 411 g/mol. The second kappa shape index (κ2) is 6.89. The number of nitrogens with zero attached hydrogens (tertiary/aromatic N) is 4. The SMILES string of the molecule is Cc1nc(N2CCC3(CCC[C@H]3N)CC2)n2ccnc2c1-c1cccc(N)c1Cl. The summed E-state index contributed by atoms with van der Waals surface area (Å²) in [6.45, 7) is 3.98. The maximum Gasteiger partial charge on any atom is 0.211 e. The summed E-state index contributed by atoms with van der Waals surface area (Å²) in [4.78, 5) is 12.0. The first-order valence-corrected chi connectivity index (χ1v) is 10.8. The molecule has 1 aromatic carbocycles. The first-order chi connectivity index (χ1) is 14.0. The Bertz CT molecular complexity index is 1070. The van der Waals surface area contributed by atoms with Gasteiger partial charge in [-0.05, 0) is 44.1 Å². The van der Waals surface area contributed by atoms with Gasteiger partial charge in [-0.15, -0.1) is 0 Å². The van der Waals surface area contributed by atoms with Gasteiger partial charge < -0.3 is 16.4 Å². The third-order valence-electron chi connectivity index (χ3n) is 7.03. The lowest BCUT2D eigenvalue weighted by Crippen LogP contribution is -2.47. The molecule has 1 saturated heterocycles. The summed E-state index contributed by atoms with van der Waals surface area (Å²) in [5, 5.41) is 0.546. The van der Waals surface area contributed by atoms with Crippen molar-refractivity contribution in [3.8, 4) is 11.1 Å². The van der Waals surface area contributed by atoms with Crippen LogP contribution in [0.2, 0.25) is 5.02 Å². The number of nitrogen functional groups attached to an aromatic ring is 1. The lowest BCUT2D eigenvalue weighted by atomic mass is 9.74. The second-order valence-corrected chi connectivity index (χ2v) is 8.93. The summed E-state index contributed by atoms with van der Waals surface area (Å²) >= 11 is 6.53. The van der Waals surface area contributed by atoms with E-state index in [-0.39, 0.29) is 0 Å². The number of imidazole rings is 1. The Morgan fingerprint density at radius 2 is 2.00 bits per heavy atom. The zero-order valence-electron chi connectivity index (χ0n) is 16.7. The van der Waals surface area contributed by atoms with E-state index >= 15 is 0 Å². The van der Waals surface area contributed by atoms with Crippen LogP contribution in [0.15, 0.2) is 30.6 Å². The minimum absolute atomic E-state index is 0.328. The van der Waals surface area contributed by atoms with Crippen molar-refractivity contribution in [2.24, 2.45) is 11.1 Å². The molecule has 1 aliphatic heterocycles. The van der Waals surface area contributed by atoms with E-state index in [1.165, 1.54) is 19.3 Å². The van der Waals surface area contributed by atoms with Crippen molar-refractivity contribution in [3.63, 3.8) is 0 Å². The van der Waals surface area contributed by atoms with Crippen molar-refractivity contribution in [2.45, 2.75) is 45.1 Å². The molecule has 152 valence electrons. The molecule has 4 N–H and O–H groups in total. The number of hydrogen-bond acceptors (Lipinski definition) is 5. The number of benzene rings is 1. The third-order valence-corrected chi connectivity index (χ3v) is 7.45. The Kier molecular flexibility index (Phi) is 4.44. The molecule has 0 radical (unpaired) electrons. The molecule has 2 aromatic heterocycles. The summed E-state index contributed by atoms with van der Waals surface area (Å²) in [5.74, 6) is 0.945. The molecule has 6 nitrogen and oxygen atoms in total. The monoisotopic (exact) mass is 410 g/mol. The van der Waals surface area contributed by atoms with Gasteiger partial charge >= 0.3 is 0 Å². The highest BCUT2D eigenvalue weighted by molar-refractivity contribution is 6.36. The number of rotatable bonds is 2. The van der Waals surface area contributed by atoms with Crippen molar-refractivity contribution in [3.05, 3.63) is 41.3 Å². The number of aromatic nitrogens is 3. The van der Waals surface area contributed by atoms with Crippen LogP contribution in [-0.4, -0.2) is 33.5 Å². The molecular weight excluding hydrogens is 384 g/mol. The fourth-order valence-corrected chi connectivity index (χ4v) is 5.51. The van der Waals surface area contributed by atoms with Crippen LogP contribution in [0.5, 0.6) is 0 Å². The predicted octanol–water partition coefficient (Wildman–Crippen LogP) is 4.04. The van der Waals surface area contributed by atoms with Crippen LogP contribution in [0.1, 0.15) is 37.8 Å². The molecule has 2 aliphatic rings. The van der Waals surface area contributed by atoms with Crippen molar-refractivity contribution in [2.75, 3.05) is 23.7 Å². The molecule has 3 aromatic rings. The molecule has 0 amide bonds. The van der Waals surface area contributed by atoms with Gasteiger partial charge in [0.1, 0.15) is 5.65 Å². The highest BCUT2D eigenvalue weighted by atomic mass is 35.5. The molecule has 2 fully saturated rings. The van der Waals surface area contributed by atoms with Gasteiger partial charge in [0.2, 0.25) is 5.95 Å². The van der Waals surface area contributed by atoms with Crippen LogP contribution in [-0.2, 0) is 0 Å². The molecule has 7 heteroatoms. The van der Waals surface area contributed by atoms with Crippen LogP contribution in [0.3, 0.4) is 0 Å². The number of aryl methyl sites for hydroxylation is 1. The number of piperidine rings is 1. The molecular formula is C22H27ClN6. The highest BCUT2D eigenvalue weighted by Crippen LogP contribution is 2.46. The average Bonchev–Trinajstić information content (AvgIpc) is 3.33. The topological polar surface area (TPSA) is 85.5 Å². The fraction of sp³-hybridized carbons (Fsp3) is 0.455. The largest absolute Gasteiger partial charge is 0.398 e. The van der Waals surface area contributed by atoms with E-state index in [4.69, 9.17) is 28.1 Å². The van der Waals surface area contributed by atoms with Crippen molar-refractivity contribution in [1.29, 1.82) is 0 Å². The summed E-state index contributed by atoms with van der Waals surface area (Å²) in [5.41, 5.74) is 17.0. The zero-order valence-corrected chi connectivity index (χ0v) is 17.5. The Morgan fingerprint density at radius 1 is 1.21 bits per heavy atom. The van der Waals surface area contributed by atoms with Gasteiger partial charge in [-0.25, -0.2) is 9.97 Å². The third kappa shape index (κ3) is 2.89. The zero-order chi connectivity index (χ0) is 20.2. The molecule has 1 atom stereocenters. The Balaban J connectivity index is 1.54. The molecule has 29 heavy (non-hydrogen) atoms. The number of anilines is 2. The van der Waals surface area contributed by atoms with E-state index < -0.39 is 0 Å². The molecule has 0 unspecified atom stereocenters. The molecule has 0 bridgehead atoms. The van der Waals surface area contributed by atoms with Crippen molar-refractivity contribution < 1.29 is 0 Å². The lowest BCUT2D eigenvalue weighted by molar-refractivity contribution is 0.197. The second-order valence-electron chi connectivity index (χ2n) is 8.55. The van der Waals surface area contributed by atoms with E-state index in [1.807, 2.05) is 37.5 Å². The van der Waals surface area contributed by atoms with Gasteiger partial charge in [-0.2, -0.15) is 0 Å². The van der Waals surface area contributed by atoms with Gasteiger partial charge in [0.05, 0.1) is 16.4 Å². The van der Waals surface area contributed by atoms with Gasteiger partial charge in [0.15, 0.2) is 0 Å². The minimum atomic E-state index is 0.328. The van der Waals surface area contributed by atoms with E-state index in [0.29, 0.717) is 22.2 Å². The normalized spacial score (nSPS) is 21.3. The number of halogens is 1. The van der Waals surface area contributed by atoms with E-state index in [0.717, 1.165) is 54.3 Å². The summed E-state index contributed by atoms with van der Waals surface area (Å²) < 4.78 is 2.08. The van der Waals surface area contributed by atoms with Crippen LogP contribution in [0.4, 0.5) is 11.6 Å². The van der Waals surface area contributed by atoms with E-state index in [9.17, 15) is 0 Å². The summed E-state index contributed by atoms with van der Waals surface area (Å²) in [7, 11) is 0. The molecule has 5 rings (SSSR count). The van der Waals surface area contributed by atoms with Crippen LogP contribution >= 0.6 is 11.6 Å². The maximum atomic E-state index is 6.53. The summed E-state index contributed by atoms with van der Waals surface area (Å²) in [6.07, 6.45) is 9.76. The fourth-order valence-electron chi connectivity index (χ4n) is 5.29. The van der Waals surface area contributed by atoms with Gasteiger partial charge in [0.25, 0.3) is 0 Å². The van der Waals surface area contributed by atoms with Crippen LogP contribution < -0.4 is 16.4 Å². The first kappa shape index (κ1) is 18.7. The minimum Gasteiger partial charge on any atom is -0.398 e. The summed E-state index contributed by atoms with van der Waals surface area (Å²) in [6, 6.07) is 6.05. The molecule has 1 saturated carbocycles. The van der Waals surface area contributed by atoms with Crippen molar-refractivity contribution in [1.82, 2.24) is 14.4 Å². The van der Waals surface area contributed by atoms with Gasteiger partial charge in [-0.3, -0.25) is 4.40 Å². The Labute approximate surface area is 175 Å². The Hall–Kier alpha value is -2.31. The van der Waals surface area contributed by atoms with Gasteiger partial charge in [-0.1, -0.05) is 30.2 Å². The van der Waals surface area contributed by atoms with E-state index in [2.05, 4.69) is 14.3 Å².